The van der Waals surface area contributed by atoms with E-state index in [0.717, 1.165) is 0 Å². The molecule has 4 nitrogen and oxygen atoms in total. The minimum atomic E-state index is -0.761. The zero-order valence-electron chi connectivity index (χ0n) is 8.78. The van der Waals surface area contributed by atoms with Gasteiger partial charge in [0.05, 0.1) is 13.2 Å². The first-order chi connectivity index (χ1) is 7.15. The molecule has 0 unspecified atom stereocenters. The Balaban J connectivity index is 2.23. The van der Waals surface area contributed by atoms with Crippen LogP contribution in [0, 0.1) is 0 Å². The van der Waals surface area contributed by atoms with Crippen LogP contribution in [-0.4, -0.2) is 24.0 Å². The summed E-state index contributed by atoms with van der Waals surface area (Å²) in [5, 5.41) is 2.36. The van der Waals surface area contributed by atoms with E-state index in [2.05, 4.69) is 4.98 Å². The van der Waals surface area contributed by atoms with Crippen LogP contribution < -0.4 is 0 Å². The van der Waals surface area contributed by atoms with E-state index in [1.165, 1.54) is 11.3 Å². The molecule has 0 radical (unpaired) electrons. The molecular formula is C10H13NO3S. The molecule has 2 rings (SSSR count). The van der Waals surface area contributed by atoms with Crippen LogP contribution in [0.5, 0.6) is 0 Å². The fourth-order valence-electron chi connectivity index (χ4n) is 1.42. The highest BCUT2D eigenvalue weighted by atomic mass is 32.1. The van der Waals surface area contributed by atoms with Crippen molar-refractivity contribution in [2.45, 2.75) is 26.1 Å². The molecule has 0 atom stereocenters. The Morgan fingerprint density at radius 2 is 2.27 bits per heavy atom. The van der Waals surface area contributed by atoms with E-state index in [0.29, 0.717) is 30.3 Å². The van der Waals surface area contributed by atoms with E-state index in [-0.39, 0.29) is 5.78 Å². The Labute approximate surface area is 92.2 Å². The summed E-state index contributed by atoms with van der Waals surface area (Å²) in [5.74, 6) is -0.698. The lowest BCUT2D eigenvalue weighted by Crippen LogP contribution is -2.23. The van der Waals surface area contributed by atoms with Crippen LogP contribution in [0.3, 0.4) is 0 Å². The van der Waals surface area contributed by atoms with Gasteiger partial charge < -0.3 is 9.47 Å². The second-order valence-corrected chi connectivity index (χ2v) is 4.32. The van der Waals surface area contributed by atoms with Crippen molar-refractivity contribution < 1.29 is 14.3 Å². The molecular weight excluding hydrogens is 214 g/mol. The summed E-state index contributed by atoms with van der Waals surface area (Å²) >= 11 is 1.35. The Hall–Kier alpha value is -0.780. The molecule has 1 aromatic heterocycles. The van der Waals surface area contributed by atoms with Crippen molar-refractivity contribution in [2.75, 3.05) is 13.2 Å². The minimum Gasteiger partial charge on any atom is -0.342 e. The van der Waals surface area contributed by atoms with Crippen LogP contribution >= 0.6 is 11.3 Å². The van der Waals surface area contributed by atoms with E-state index in [4.69, 9.17) is 9.47 Å². The van der Waals surface area contributed by atoms with Crippen molar-refractivity contribution in [3.63, 3.8) is 0 Å². The van der Waals surface area contributed by atoms with Gasteiger partial charge in [-0.1, -0.05) is 6.92 Å². The van der Waals surface area contributed by atoms with Crippen molar-refractivity contribution in [3.05, 3.63) is 16.1 Å². The van der Waals surface area contributed by atoms with Gasteiger partial charge in [0.2, 0.25) is 5.79 Å². The molecule has 1 aliphatic rings. The summed E-state index contributed by atoms with van der Waals surface area (Å²) in [5.41, 5.74) is 0.696. The number of Topliss-reactive ketones (excluding diaryl/α,β-unsaturated/α-hetero) is 1. The molecule has 82 valence electrons. The van der Waals surface area contributed by atoms with Gasteiger partial charge in [-0.25, -0.2) is 4.98 Å². The Morgan fingerprint density at radius 1 is 1.60 bits per heavy atom. The van der Waals surface area contributed by atoms with Crippen molar-refractivity contribution in [2.24, 2.45) is 0 Å². The fraction of sp³-hybridized carbons (Fsp3) is 0.600. The zero-order valence-corrected chi connectivity index (χ0v) is 9.60. The highest BCUT2D eigenvalue weighted by Crippen LogP contribution is 2.31. The van der Waals surface area contributed by atoms with E-state index >= 15 is 0 Å². The summed E-state index contributed by atoms with van der Waals surface area (Å²) < 4.78 is 10.9. The summed E-state index contributed by atoms with van der Waals surface area (Å²) in [6.45, 7) is 4.80. The Kier molecular flexibility index (Phi) is 2.86. The number of hydrogen-bond acceptors (Lipinski definition) is 5. The van der Waals surface area contributed by atoms with Gasteiger partial charge in [-0.15, -0.1) is 11.3 Å². The molecule has 1 aromatic rings. The summed E-state index contributed by atoms with van der Waals surface area (Å²) in [7, 11) is 0. The third kappa shape index (κ3) is 1.95. The molecule has 0 aromatic carbocycles. The quantitative estimate of drug-likeness (QED) is 0.740. The highest BCUT2D eigenvalue weighted by molar-refractivity contribution is 7.11. The standard InChI is InChI=1S/C10H13NO3S/c1-3-7(12)9-11-8(6-15-9)10(2)13-4-5-14-10/h6H,3-5H2,1-2H3. The van der Waals surface area contributed by atoms with Gasteiger partial charge in [-0.2, -0.15) is 0 Å². The van der Waals surface area contributed by atoms with E-state index in [9.17, 15) is 4.79 Å². The van der Waals surface area contributed by atoms with Crippen molar-refractivity contribution in [3.8, 4) is 0 Å². The van der Waals surface area contributed by atoms with Crippen molar-refractivity contribution in [1.29, 1.82) is 0 Å². The monoisotopic (exact) mass is 227 g/mol. The average Bonchev–Trinajstić information content (AvgIpc) is 2.85. The molecule has 1 fully saturated rings. The lowest BCUT2D eigenvalue weighted by atomic mass is 10.2. The first-order valence-electron chi connectivity index (χ1n) is 4.93. The molecule has 1 aliphatic heterocycles. The smallest absolute Gasteiger partial charge is 0.210 e. The molecule has 2 heterocycles. The van der Waals surface area contributed by atoms with Gasteiger partial charge in [-0.3, -0.25) is 4.79 Å². The molecule has 5 heteroatoms. The second kappa shape index (κ2) is 4.00. The third-order valence-corrected chi connectivity index (χ3v) is 3.25. The largest absolute Gasteiger partial charge is 0.342 e. The summed E-state index contributed by atoms with van der Waals surface area (Å²) in [6.07, 6.45) is 0.478. The van der Waals surface area contributed by atoms with E-state index < -0.39 is 5.79 Å². The number of carbonyl (C=O) groups excluding carboxylic acids is 1. The van der Waals surface area contributed by atoms with E-state index in [1.54, 1.807) is 0 Å². The van der Waals surface area contributed by atoms with Gasteiger partial charge in [0, 0.05) is 11.8 Å². The van der Waals surface area contributed by atoms with Gasteiger partial charge in [-0.05, 0) is 6.92 Å². The first-order valence-corrected chi connectivity index (χ1v) is 5.81. The predicted octanol–water partition coefficient (Wildman–Crippen LogP) is 1.96. The van der Waals surface area contributed by atoms with Gasteiger partial charge in [0.15, 0.2) is 10.8 Å². The van der Waals surface area contributed by atoms with Crippen LogP contribution in [0.15, 0.2) is 5.38 Å². The topological polar surface area (TPSA) is 48.4 Å². The molecule has 0 amide bonds. The number of ketones is 1. The number of ether oxygens (including phenoxy) is 2. The van der Waals surface area contributed by atoms with Gasteiger partial charge in [0.1, 0.15) is 5.69 Å². The number of aromatic nitrogens is 1. The number of rotatable bonds is 3. The Morgan fingerprint density at radius 3 is 2.87 bits per heavy atom. The number of thiazole rings is 1. The van der Waals surface area contributed by atoms with Gasteiger partial charge >= 0.3 is 0 Å². The van der Waals surface area contributed by atoms with Crippen LogP contribution in [0.2, 0.25) is 0 Å². The number of carbonyl (C=O) groups is 1. The summed E-state index contributed by atoms with van der Waals surface area (Å²) in [4.78, 5) is 15.7. The van der Waals surface area contributed by atoms with Crippen LogP contribution in [-0.2, 0) is 15.3 Å². The maximum Gasteiger partial charge on any atom is 0.210 e. The Bertz CT molecular complexity index is 368. The molecule has 0 bridgehead atoms. The minimum absolute atomic E-state index is 0.0628. The maximum atomic E-state index is 11.4. The molecule has 15 heavy (non-hydrogen) atoms. The summed E-state index contributed by atoms with van der Waals surface area (Å²) in [6, 6.07) is 0. The average molecular weight is 227 g/mol. The lowest BCUT2D eigenvalue weighted by Gasteiger charge is -2.19. The van der Waals surface area contributed by atoms with Crippen molar-refractivity contribution in [1.82, 2.24) is 4.98 Å². The zero-order chi connectivity index (χ0) is 10.9. The molecule has 0 aliphatic carbocycles. The van der Waals surface area contributed by atoms with Gasteiger partial charge in [0.25, 0.3) is 0 Å². The SMILES string of the molecule is CCC(=O)c1nc(C2(C)OCCO2)cs1. The third-order valence-electron chi connectivity index (χ3n) is 2.37. The number of nitrogens with zero attached hydrogens (tertiary/aromatic N) is 1. The highest BCUT2D eigenvalue weighted by Gasteiger charge is 2.35. The number of hydrogen-bond donors (Lipinski definition) is 0. The maximum absolute atomic E-state index is 11.4. The van der Waals surface area contributed by atoms with E-state index in [1.807, 2.05) is 19.2 Å². The molecule has 0 N–H and O–H groups in total. The molecule has 1 saturated heterocycles. The van der Waals surface area contributed by atoms with Crippen LogP contribution in [0.1, 0.15) is 35.8 Å². The molecule has 0 spiro atoms. The van der Waals surface area contributed by atoms with Crippen molar-refractivity contribution >= 4 is 17.1 Å². The second-order valence-electron chi connectivity index (χ2n) is 3.46. The molecule has 0 saturated carbocycles. The fourth-order valence-corrected chi connectivity index (χ4v) is 2.34. The predicted molar refractivity (Wildman–Crippen MR) is 56.0 cm³/mol. The first kappa shape index (κ1) is 10.7. The van der Waals surface area contributed by atoms with Crippen LogP contribution in [0.4, 0.5) is 0 Å². The lowest BCUT2D eigenvalue weighted by molar-refractivity contribution is -0.152. The normalized spacial score (nSPS) is 19.3. The van der Waals surface area contributed by atoms with Crippen LogP contribution in [0.25, 0.3) is 0 Å².